The fourth-order valence-corrected chi connectivity index (χ4v) is 5.49. The topological polar surface area (TPSA) is 22.0 Å². The van der Waals surface area contributed by atoms with Crippen molar-refractivity contribution >= 4 is 17.5 Å². The molecule has 2 aliphatic carbocycles. The van der Waals surface area contributed by atoms with Crippen LogP contribution in [0.1, 0.15) is 74.2 Å². The average Bonchev–Trinajstić information content (AvgIpc) is 2.93. The lowest BCUT2D eigenvalue weighted by molar-refractivity contribution is 0.0909. The number of ketones is 1. The molecular formula is C18H27NOS. The quantitative estimate of drug-likeness (QED) is 0.800. The van der Waals surface area contributed by atoms with Gasteiger partial charge in [0.15, 0.2) is 5.78 Å². The number of Topliss-reactive ketones (excluding diaryl/α,β-unsaturated/α-hetero) is 1. The van der Waals surface area contributed by atoms with Crippen molar-refractivity contribution in [1.82, 2.24) is 4.57 Å². The first-order valence-corrected chi connectivity index (χ1v) is 9.33. The molecule has 2 atom stereocenters. The highest BCUT2D eigenvalue weighted by Gasteiger charge is 2.37. The minimum atomic E-state index is 0.110. The zero-order valence-electron chi connectivity index (χ0n) is 13.7. The van der Waals surface area contributed by atoms with Gasteiger partial charge >= 0.3 is 0 Å². The van der Waals surface area contributed by atoms with Gasteiger partial charge in [0.05, 0.1) is 0 Å². The van der Waals surface area contributed by atoms with Crippen LogP contribution < -0.4 is 0 Å². The number of fused-ring (bicyclic) bond motifs is 1. The van der Waals surface area contributed by atoms with Crippen LogP contribution in [0, 0.1) is 12.3 Å². The van der Waals surface area contributed by atoms with E-state index in [0.29, 0.717) is 18.2 Å². The summed E-state index contributed by atoms with van der Waals surface area (Å²) in [5.74, 6) is 1.54. The van der Waals surface area contributed by atoms with E-state index >= 15 is 0 Å². The van der Waals surface area contributed by atoms with Crippen molar-refractivity contribution in [3.05, 3.63) is 23.0 Å². The third-order valence-electron chi connectivity index (χ3n) is 5.05. The van der Waals surface area contributed by atoms with Crippen LogP contribution in [0.15, 0.2) is 6.07 Å². The highest BCUT2D eigenvalue weighted by Crippen LogP contribution is 2.44. The number of hydrogen-bond donors (Lipinski definition) is 0. The van der Waals surface area contributed by atoms with Gasteiger partial charge in [-0.25, -0.2) is 0 Å². The molecule has 2 nitrogen and oxygen atoms in total. The lowest BCUT2D eigenvalue weighted by Gasteiger charge is -2.32. The van der Waals surface area contributed by atoms with Crippen molar-refractivity contribution in [3.8, 4) is 0 Å². The Balaban J connectivity index is 2.02. The second kappa shape index (κ2) is 5.49. The van der Waals surface area contributed by atoms with E-state index in [-0.39, 0.29) is 5.41 Å². The molecule has 116 valence electrons. The predicted octanol–water partition coefficient (Wildman–Crippen LogP) is 4.80. The van der Waals surface area contributed by atoms with E-state index < -0.39 is 0 Å². The Hall–Kier alpha value is -0.700. The van der Waals surface area contributed by atoms with E-state index in [1.807, 2.05) is 0 Å². The van der Waals surface area contributed by atoms with Gasteiger partial charge in [0.1, 0.15) is 0 Å². The second-order valence-electron chi connectivity index (χ2n) is 7.45. The fraction of sp³-hybridized carbons (Fsp3) is 0.722. The number of rotatable bonds is 3. The lowest BCUT2D eigenvalue weighted by Crippen LogP contribution is -2.30. The Morgan fingerprint density at radius 3 is 2.81 bits per heavy atom. The summed E-state index contributed by atoms with van der Waals surface area (Å²) in [6.07, 6.45) is 5.66. The molecular weight excluding hydrogens is 278 g/mol. The summed E-state index contributed by atoms with van der Waals surface area (Å²) in [5, 5.41) is 0.727. The maximum atomic E-state index is 12.5. The number of aromatic nitrogens is 1. The molecule has 0 N–H and O–H groups in total. The predicted molar refractivity (Wildman–Crippen MR) is 90.4 cm³/mol. The summed E-state index contributed by atoms with van der Waals surface area (Å²) in [5.41, 5.74) is 3.74. The van der Waals surface area contributed by atoms with Crippen molar-refractivity contribution in [1.29, 1.82) is 0 Å². The van der Waals surface area contributed by atoms with Gasteiger partial charge in [0.25, 0.3) is 0 Å². The maximum Gasteiger partial charge on any atom is 0.165 e. The lowest BCUT2D eigenvalue weighted by atomic mass is 9.76. The molecule has 1 fully saturated rings. The fourth-order valence-electron chi connectivity index (χ4n) is 4.24. The van der Waals surface area contributed by atoms with Crippen LogP contribution in [-0.4, -0.2) is 21.4 Å². The highest BCUT2D eigenvalue weighted by molar-refractivity contribution is 7.99. The Morgan fingerprint density at radius 1 is 1.33 bits per heavy atom. The summed E-state index contributed by atoms with van der Waals surface area (Å²) in [6.45, 7) is 8.90. The molecule has 2 unspecified atom stereocenters. The number of carbonyl (C=O) groups is 1. The van der Waals surface area contributed by atoms with Crippen molar-refractivity contribution in [2.45, 2.75) is 71.1 Å². The molecule has 0 aliphatic heterocycles. The summed E-state index contributed by atoms with van der Waals surface area (Å²) in [6, 6.07) is 2.75. The van der Waals surface area contributed by atoms with Crippen molar-refractivity contribution in [2.24, 2.45) is 5.41 Å². The molecule has 0 radical (unpaired) electrons. The van der Waals surface area contributed by atoms with Crippen LogP contribution in [0.25, 0.3) is 0 Å². The number of carbonyl (C=O) groups excluding carboxylic acids is 1. The second-order valence-corrected chi connectivity index (χ2v) is 8.97. The Labute approximate surface area is 132 Å². The smallest absolute Gasteiger partial charge is 0.165 e. The van der Waals surface area contributed by atoms with Crippen LogP contribution in [0.5, 0.6) is 0 Å². The molecule has 1 aromatic rings. The number of thioether (sulfide) groups is 1. The van der Waals surface area contributed by atoms with Crippen LogP contribution in [-0.2, 0) is 6.42 Å². The Kier molecular flexibility index (Phi) is 3.98. The standard InChI is InChI=1S/C18H27NOS/c1-5-21-17-8-6-7-14(17)19-12(2)9-13-15(19)10-18(3,4)11-16(13)20/h9,14,17H,5-8,10-11H2,1-4H3. The molecule has 3 rings (SSSR count). The molecule has 2 aliphatic rings. The van der Waals surface area contributed by atoms with E-state index in [2.05, 4.69) is 50.1 Å². The van der Waals surface area contributed by atoms with E-state index in [1.54, 1.807) is 0 Å². The zero-order chi connectivity index (χ0) is 15.2. The molecule has 0 aromatic carbocycles. The minimum absolute atomic E-state index is 0.110. The number of hydrogen-bond acceptors (Lipinski definition) is 2. The summed E-state index contributed by atoms with van der Waals surface area (Å²) < 4.78 is 2.54. The van der Waals surface area contributed by atoms with Crippen molar-refractivity contribution in [2.75, 3.05) is 5.75 Å². The van der Waals surface area contributed by atoms with Gasteiger partial charge in [-0.05, 0) is 43.4 Å². The molecule has 0 spiro atoms. The number of nitrogens with zero attached hydrogens (tertiary/aromatic N) is 1. The molecule has 0 amide bonds. The van der Waals surface area contributed by atoms with Crippen LogP contribution in [0.2, 0.25) is 0 Å². The SMILES string of the molecule is CCSC1CCCC1n1c(C)cc2c1CC(C)(C)CC2=O. The first kappa shape index (κ1) is 15.2. The van der Waals surface area contributed by atoms with E-state index in [1.165, 1.54) is 36.4 Å². The van der Waals surface area contributed by atoms with E-state index in [4.69, 9.17) is 0 Å². The summed E-state index contributed by atoms with van der Waals surface area (Å²) in [4.78, 5) is 12.5. The van der Waals surface area contributed by atoms with Crippen LogP contribution in [0.4, 0.5) is 0 Å². The molecule has 3 heteroatoms. The van der Waals surface area contributed by atoms with Gasteiger partial charge in [0.2, 0.25) is 0 Å². The molecule has 21 heavy (non-hydrogen) atoms. The van der Waals surface area contributed by atoms with Crippen LogP contribution >= 0.6 is 11.8 Å². The van der Waals surface area contributed by atoms with E-state index in [9.17, 15) is 4.79 Å². The van der Waals surface area contributed by atoms with Crippen molar-refractivity contribution in [3.63, 3.8) is 0 Å². The van der Waals surface area contributed by atoms with Gasteiger partial charge in [-0.2, -0.15) is 11.8 Å². The Bertz CT molecular complexity index is 558. The van der Waals surface area contributed by atoms with Gasteiger partial charge in [0, 0.05) is 34.7 Å². The highest BCUT2D eigenvalue weighted by atomic mass is 32.2. The van der Waals surface area contributed by atoms with Crippen molar-refractivity contribution < 1.29 is 4.79 Å². The maximum absolute atomic E-state index is 12.5. The summed E-state index contributed by atoms with van der Waals surface area (Å²) >= 11 is 2.10. The van der Waals surface area contributed by atoms with Gasteiger partial charge in [-0.15, -0.1) is 0 Å². The minimum Gasteiger partial charge on any atom is -0.344 e. The van der Waals surface area contributed by atoms with Gasteiger partial charge in [-0.3, -0.25) is 4.79 Å². The monoisotopic (exact) mass is 305 g/mol. The van der Waals surface area contributed by atoms with E-state index in [0.717, 1.165) is 17.2 Å². The first-order chi connectivity index (χ1) is 9.93. The van der Waals surface area contributed by atoms with Gasteiger partial charge in [-0.1, -0.05) is 27.2 Å². The summed E-state index contributed by atoms with van der Waals surface area (Å²) in [7, 11) is 0. The molecule has 1 heterocycles. The number of aryl methyl sites for hydroxylation is 1. The van der Waals surface area contributed by atoms with Crippen LogP contribution in [0.3, 0.4) is 0 Å². The third kappa shape index (κ3) is 2.69. The molecule has 0 bridgehead atoms. The Morgan fingerprint density at radius 2 is 2.10 bits per heavy atom. The normalized spacial score (nSPS) is 27.9. The zero-order valence-corrected chi connectivity index (χ0v) is 14.6. The molecule has 1 saturated carbocycles. The third-order valence-corrected chi connectivity index (χ3v) is 6.36. The first-order valence-electron chi connectivity index (χ1n) is 8.28. The van der Waals surface area contributed by atoms with Gasteiger partial charge < -0.3 is 4.57 Å². The molecule has 0 saturated heterocycles. The largest absolute Gasteiger partial charge is 0.344 e. The molecule has 1 aromatic heterocycles. The average molecular weight is 305 g/mol.